The third-order valence-electron chi connectivity index (χ3n) is 3.31. The third kappa shape index (κ3) is 2.84. The molecule has 1 saturated carbocycles. The summed E-state index contributed by atoms with van der Waals surface area (Å²) in [6, 6.07) is 0. The Hall–Kier alpha value is -1.32. The maximum absolute atomic E-state index is 11.8. The van der Waals surface area contributed by atoms with Crippen LogP contribution in [-0.2, 0) is 9.59 Å². The van der Waals surface area contributed by atoms with E-state index in [-0.39, 0.29) is 11.8 Å². The van der Waals surface area contributed by atoms with Crippen molar-refractivity contribution < 1.29 is 14.7 Å². The van der Waals surface area contributed by atoms with Crippen LogP contribution < -0.4 is 5.32 Å². The molecule has 3 atom stereocenters. The maximum atomic E-state index is 11.8. The Kier molecular flexibility index (Phi) is 4.52. The SMILES string of the molecule is C=CCNC(=O)C1CC(CC)CC1C(=O)O. The molecule has 4 heteroatoms. The number of nitrogens with one attached hydrogen (secondary N) is 1. The molecule has 1 aliphatic carbocycles. The minimum Gasteiger partial charge on any atom is -0.481 e. The van der Waals surface area contributed by atoms with E-state index >= 15 is 0 Å². The zero-order chi connectivity index (χ0) is 12.1. The van der Waals surface area contributed by atoms with E-state index in [4.69, 9.17) is 5.11 Å². The van der Waals surface area contributed by atoms with Crippen molar-refractivity contribution in [2.24, 2.45) is 17.8 Å². The normalized spacial score (nSPS) is 28.7. The number of carboxylic acids is 1. The zero-order valence-electron chi connectivity index (χ0n) is 9.61. The lowest BCUT2D eigenvalue weighted by atomic mass is 9.95. The first-order chi connectivity index (χ1) is 7.60. The molecule has 1 aliphatic rings. The van der Waals surface area contributed by atoms with Gasteiger partial charge < -0.3 is 10.4 Å². The molecule has 0 radical (unpaired) electrons. The van der Waals surface area contributed by atoms with Crippen LogP contribution in [0.5, 0.6) is 0 Å². The summed E-state index contributed by atoms with van der Waals surface area (Å²) in [7, 11) is 0. The molecule has 0 aromatic rings. The van der Waals surface area contributed by atoms with Crippen LogP contribution in [-0.4, -0.2) is 23.5 Å². The summed E-state index contributed by atoms with van der Waals surface area (Å²) in [5.74, 6) is -1.53. The molecule has 1 amide bonds. The Labute approximate surface area is 95.7 Å². The molecule has 0 heterocycles. The van der Waals surface area contributed by atoms with E-state index in [1.54, 1.807) is 6.08 Å². The second-order valence-electron chi connectivity index (χ2n) is 4.33. The van der Waals surface area contributed by atoms with Gasteiger partial charge in [-0.25, -0.2) is 0 Å². The molecule has 3 unspecified atom stereocenters. The van der Waals surface area contributed by atoms with Gasteiger partial charge in [0.1, 0.15) is 0 Å². The Morgan fingerprint density at radius 3 is 2.56 bits per heavy atom. The van der Waals surface area contributed by atoms with Gasteiger partial charge in [0.2, 0.25) is 5.91 Å². The van der Waals surface area contributed by atoms with Gasteiger partial charge in [0.15, 0.2) is 0 Å². The van der Waals surface area contributed by atoms with Crippen molar-refractivity contribution in [3.63, 3.8) is 0 Å². The van der Waals surface area contributed by atoms with Crippen molar-refractivity contribution in [2.75, 3.05) is 6.54 Å². The Balaban J connectivity index is 2.64. The minimum atomic E-state index is -0.852. The summed E-state index contributed by atoms with van der Waals surface area (Å²) in [6.45, 7) is 5.95. The summed E-state index contributed by atoms with van der Waals surface area (Å²) in [5.41, 5.74) is 0. The Bertz CT molecular complexity index is 288. The van der Waals surface area contributed by atoms with Crippen LogP contribution in [0.15, 0.2) is 12.7 Å². The van der Waals surface area contributed by atoms with Crippen molar-refractivity contribution in [3.05, 3.63) is 12.7 Å². The largest absolute Gasteiger partial charge is 0.481 e. The van der Waals surface area contributed by atoms with Crippen molar-refractivity contribution >= 4 is 11.9 Å². The van der Waals surface area contributed by atoms with Crippen molar-refractivity contribution in [2.45, 2.75) is 26.2 Å². The number of hydrogen-bond donors (Lipinski definition) is 2. The fourth-order valence-electron chi connectivity index (χ4n) is 2.34. The fraction of sp³-hybridized carbons (Fsp3) is 0.667. The van der Waals surface area contributed by atoms with Gasteiger partial charge in [0.25, 0.3) is 0 Å². The van der Waals surface area contributed by atoms with Crippen molar-refractivity contribution in [1.82, 2.24) is 5.32 Å². The van der Waals surface area contributed by atoms with Crippen molar-refractivity contribution in [3.8, 4) is 0 Å². The van der Waals surface area contributed by atoms with Gasteiger partial charge >= 0.3 is 5.97 Å². The number of hydrogen-bond acceptors (Lipinski definition) is 2. The van der Waals surface area contributed by atoms with Gasteiger partial charge in [-0.3, -0.25) is 9.59 Å². The van der Waals surface area contributed by atoms with E-state index in [0.717, 1.165) is 6.42 Å². The van der Waals surface area contributed by atoms with Crippen LogP contribution >= 0.6 is 0 Å². The molecular formula is C12H19NO3. The molecule has 0 bridgehead atoms. The van der Waals surface area contributed by atoms with Crippen LogP contribution in [0.3, 0.4) is 0 Å². The second-order valence-corrected chi connectivity index (χ2v) is 4.33. The van der Waals surface area contributed by atoms with E-state index in [2.05, 4.69) is 11.9 Å². The highest BCUT2D eigenvalue weighted by molar-refractivity contribution is 5.85. The quantitative estimate of drug-likeness (QED) is 0.695. The Morgan fingerprint density at radius 1 is 1.44 bits per heavy atom. The maximum Gasteiger partial charge on any atom is 0.307 e. The lowest BCUT2D eigenvalue weighted by Crippen LogP contribution is -2.35. The average Bonchev–Trinajstić information content (AvgIpc) is 2.70. The summed E-state index contributed by atoms with van der Waals surface area (Å²) in [4.78, 5) is 22.8. The molecule has 0 spiro atoms. The molecule has 90 valence electrons. The van der Waals surface area contributed by atoms with Gasteiger partial charge in [0.05, 0.1) is 11.8 Å². The van der Waals surface area contributed by atoms with E-state index in [1.165, 1.54) is 0 Å². The molecule has 2 N–H and O–H groups in total. The number of amides is 1. The van der Waals surface area contributed by atoms with E-state index in [9.17, 15) is 9.59 Å². The highest BCUT2D eigenvalue weighted by Crippen LogP contribution is 2.38. The number of rotatable bonds is 5. The predicted octanol–water partition coefficient (Wildman–Crippen LogP) is 1.43. The molecule has 0 saturated heterocycles. The Morgan fingerprint density at radius 2 is 2.06 bits per heavy atom. The summed E-state index contributed by atoms with van der Waals surface area (Å²) >= 11 is 0. The predicted molar refractivity (Wildman–Crippen MR) is 60.8 cm³/mol. The smallest absolute Gasteiger partial charge is 0.307 e. The molecule has 0 aromatic heterocycles. The van der Waals surface area contributed by atoms with Crippen LogP contribution in [0.4, 0.5) is 0 Å². The zero-order valence-corrected chi connectivity index (χ0v) is 9.61. The van der Waals surface area contributed by atoms with Crippen molar-refractivity contribution in [1.29, 1.82) is 0 Å². The van der Waals surface area contributed by atoms with Gasteiger partial charge in [-0.1, -0.05) is 19.4 Å². The van der Waals surface area contributed by atoms with E-state index < -0.39 is 11.9 Å². The van der Waals surface area contributed by atoms with E-state index in [1.807, 2.05) is 6.92 Å². The molecule has 1 rings (SSSR count). The molecule has 1 fully saturated rings. The van der Waals surface area contributed by atoms with Crippen LogP contribution in [0.2, 0.25) is 0 Å². The summed E-state index contributed by atoms with van der Waals surface area (Å²) in [5, 5.41) is 11.8. The van der Waals surface area contributed by atoms with Gasteiger partial charge in [-0.15, -0.1) is 6.58 Å². The summed E-state index contributed by atoms with van der Waals surface area (Å²) in [6.07, 6.45) is 3.85. The van der Waals surface area contributed by atoms with Gasteiger partial charge in [-0.05, 0) is 18.8 Å². The molecule has 4 nitrogen and oxygen atoms in total. The fourth-order valence-corrected chi connectivity index (χ4v) is 2.34. The lowest BCUT2D eigenvalue weighted by Gasteiger charge is -2.14. The summed E-state index contributed by atoms with van der Waals surface area (Å²) < 4.78 is 0. The molecule has 0 aliphatic heterocycles. The molecule has 16 heavy (non-hydrogen) atoms. The van der Waals surface area contributed by atoms with Gasteiger partial charge in [-0.2, -0.15) is 0 Å². The van der Waals surface area contributed by atoms with Crippen LogP contribution in [0.1, 0.15) is 26.2 Å². The molecular weight excluding hydrogens is 206 g/mol. The van der Waals surface area contributed by atoms with E-state index in [0.29, 0.717) is 25.3 Å². The lowest BCUT2D eigenvalue weighted by molar-refractivity contribution is -0.146. The average molecular weight is 225 g/mol. The highest BCUT2D eigenvalue weighted by Gasteiger charge is 2.41. The number of carbonyl (C=O) groups is 2. The first-order valence-corrected chi connectivity index (χ1v) is 5.71. The topological polar surface area (TPSA) is 66.4 Å². The number of carboxylic acid groups (broad SMARTS) is 1. The highest BCUT2D eigenvalue weighted by atomic mass is 16.4. The number of aliphatic carboxylic acids is 1. The standard InChI is InChI=1S/C12H19NO3/c1-3-5-13-11(14)9-6-8(4-2)7-10(9)12(15)16/h3,8-10H,1,4-7H2,2H3,(H,13,14)(H,15,16). The second kappa shape index (κ2) is 5.68. The monoisotopic (exact) mass is 225 g/mol. The van der Waals surface area contributed by atoms with Gasteiger partial charge in [0, 0.05) is 6.54 Å². The van der Waals surface area contributed by atoms with Crippen LogP contribution in [0, 0.1) is 17.8 Å². The first kappa shape index (κ1) is 12.7. The molecule has 0 aromatic carbocycles. The number of carbonyl (C=O) groups excluding carboxylic acids is 1. The third-order valence-corrected chi connectivity index (χ3v) is 3.31. The minimum absolute atomic E-state index is 0.150. The van der Waals surface area contributed by atoms with Crippen LogP contribution in [0.25, 0.3) is 0 Å². The first-order valence-electron chi connectivity index (χ1n) is 5.71.